The van der Waals surface area contributed by atoms with Crippen LogP contribution in [0.5, 0.6) is 0 Å². The molecule has 0 aromatic heterocycles. The van der Waals surface area contributed by atoms with Gasteiger partial charge in [-0.2, -0.15) is 0 Å². The molecule has 0 atom stereocenters. The first kappa shape index (κ1) is 15.4. The third-order valence-corrected chi connectivity index (χ3v) is 1.16. The summed E-state index contributed by atoms with van der Waals surface area (Å²) in [7, 11) is 0. The average molecular weight is 204 g/mol. The first-order valence-corrected chi connectivity index (χ1v) is 4.85. The zero-order chi connectivity index (χ0) is 11.6. The smallest absolute Gasteiger partial charge is 0.317 e. The Labute approximate surface area is 85.3 Å². The molecule has 0 rings (SSSR count). The number of hydrogen-bond donors (Lipinski definition) is 1. The lowest BCUT2D eigenvalue weighted by Gasteiger charge is -2.04. The second-order valence-electron chi connectivity index (χ2n) is 3.11. The molecule has 0 heterocycles. The number of aliphatic carboxylic acids is 1. The first-order chi connectivity index (χ1) is 6.43. The van der Waals surface area contributed by atoms with E-state index in [1.165, 1.54) is 12.8 Å². The van der Waals surface area contributed by atoms with Crippen LogP contribution in [0.1, 0.15) is 47.0 Å². The van der Waals surface area contributed by atoms with Gasteiger partial charge >= 0.3 is 11.9 Å². The highest BCUT2D eigenvalue weighted by molar-refractivity contribution is 5.90. The minimum Gasteiger partial charge on any atom is -0.481 e. The molecule has 1 N–H and O–H groups in total. The van der Waals surface area contributed by atoms with Gasteiger partial charge in [-0.05, 0) is 13.8 Å². The molecule has 4 heteroatoms. The number of unbranched alkanes of at least 4 members (excludes halogenated alkanes) is 1. The fourth-order valence-corrected chi connectivity index (χ4v) is 0.428. The maximum Gasteiger partial charge on any atom is 0.317 e. The Morgan fingerprint density at radius 2 is 1.64 bits per heavy atom. The zero-order valence-electron chi connectivity index (χ0n) is 9.37. The Bertz CT molecular complexity index is 162. The molecular weight excluding hydrogens is 184 g/mol. The number of esters is 1. The molecular formula is C10H20O4. The lowest BCUT2D eigenvalue weighted by Crippen LogP contribution is -2.14. The Morgan fingerprint density at radius 1 is 1.21 bits per heavy atom. The van der Waals surface area contributed by atoms with E-state index in [4.69, 9.17) is 5.11 Å². The van der Waals surface area contributed by atoms with Crippen LogP contribution in [-0.2, 0) is 14.3 Å². The molecule has 0 aliphatic carbocycles. The van der Waals surface area contributed by atoms with Crippen LogP contribution in [-0.4, -0.2) is 23.1 Å². The second kappa shape index (κ2) is 10.0. The average Bonchev–Trinajstić information content (AvgIpc) is 2.01. The maximum absolute atomic E-state index is 10.5. The van der Waals surface area contributed by atoms with Crippen molar-refractivity contribution in [2.24, 2.45) is 0 Å². The van der Waals surface area contributed by atoms with E-state index >= 15 is 0 Å². The molecule has 0 saturated carbocycles. The third-order valence-electron chi connectivity index (χ3n) is 1.16. The second-order valence-corrected chi connectivity index (χ2v) is 3.11. The lowest BCUT2D eigenvalue weighted by atomic mass is 10.4. The Kier molecular flexibility index (Phi) is 11.0. The van der Waals surface area contributed by atoms with Crippen LogP contribution in [0.4, 0.5) is 0 Å². The number of carboxylic acid groups (broad SMARTS) is 1. The van der Waals surface area contributed by atoms with Crippen molar-refractivity contribution in [2.45, 2.75) is 53.1 Å². The molecule has 0 bridgehead atoms. The monoisotopic (exact) mass is 204 g/mol. The number of carboxylic acids is 1. The van der Waals surface area contributed by atoms with Gasteiger partial charge in [-0.25, -0.2) is 0 Å². The topological polar surface area (TPSA) is 63.6 Å². The Morgan fingerprint density at radius 3 is 1.86 bits per heavy atom. The largest absolute Gasteiger partial charge is 0.481 e. The van der Waals surface area contributed by atoms with Gasteiger partial charge in [0.05, 0.1) is 6.10 Å². The summed E-state index contributed by atoms with van der Waals surface area (Å²) in [4.78, 5) is 20.4. The van der Waals surface area contributed by atoms with Crippen LogP contribution in [0.2, 0.25) is 0 Å². The van der Waals surface area contributed by atoms with E-state index < -0.39 is 18.4 Å². The molecule has 84 valence electrons. The summed E-state index contributed by atoms with van der Waals surface area (Å²) in [6.45, 7) is 7.69. The van der Waals surface area contributed by atoms with Crippen molar-refractivity contribution in [1.29, 1.82) is 0 Å². The third kappa shape index (κ3) is 17.1. The molecule has 0 radical (unpaired) electrons. The van der Waals surface area contributed by atoms with E-state index in [1.54, 1.807) is 13.8 Å². The Hall–Kier alpha value is -1.06. The number of ether oxygens (including phenoxy) is 1. The molecule has 0 unspecified atom stereocenters. The van der Waals surface area contributed by atoms with Gasteiger partial charge in [0, 0.05) is 0 Å². The number of rotatable bonds is 4. The van der Waals surface area contributed by atoms with Gasteiger partial charge in [-0.3, -0.25) is 9.59 Å². The molecule has 0 aliphatic heterocycles. The fraction of sp³-hybridized carbons (Fsp3) is 0.800. The van der Waals surface area contributed by atoms with E-state index in [-0.39, 0.29) is 6.10 Å². The molecule has 14 heavy (non-hydrogen) atoms. The summed E-state index contributed by atoms with van der Waals surface area (Å²) >= 11 is 0. The number of hydrogen-bond acceptors (Lipinski definition) is 3. The van der Waals surface area contributed by atoms with Gasteiger partial charge in [0.15, 0.2) is 0 Å². The fourth-order valence-electron chi connectivity index (χ4n) is 0.428. The van der Waals surface area contributed by atoms with Crippen molar-refractivity contribution >= 4 is 11.9 Å². The van der Waals surface area contributed by atoms with Gasteiger partial charge in [0.2, 0.25) is 0 Å². The van der Waals surface area contributed by atoms with Crippen molar-refractivity contribution in [2.75, 3.05) is 0 Å². The van der Waals surface area contributed by atoms with E-state index in [0.717, 1.165) is 0 Å². The summed E-state index contributed by atoms with van der Waals surface area (Å²) in [6.07, 6.45) is 1.84. The standard InChI is InChI=1S/C6H10O4.C4H10/c1-4(2)10-6(9)3-5(7)8;1-3-4-2/h4H,3H2,1-2H3,(H,7,8);3-4H2,1-2H3. The summed E-state index contributed by atoms with van der Waals surface area (Å²) in [5.74, 6) is -1.85. The summed E-state index contributed by atoms with van der Waals surface area (Å²) in [6, 6.07) is 0. The van der Waals surface area contributed by atoms with Gasteiger partial charge in [0.1, 0.15) is 6.42 Å². The number of carbonyl (C=O) groups is 2. The molecule has 0 amide bonds. The van der Waals surface area contributed by atoms with Crippen molar-refractivity contribution < 1.29 is 19.4 Å². The van der Waals surface area contributed by atoms with E-state index in [9.17, 15) is 9.59 Å². The molecule has 0 aromatic carbocycles. The van der Waals surface area contributed by atoms with Crippen molar-refractivity contribution in [3.8, 4) is 0 Å². The van der Waals surface area contributed by atoms with Gasteiger partial charge < -0.3 is 9.84 Å². The van der Waals surface area contributed by atoms with Crippen molar-refractivity contribution in [3.63, 3.8) is 0 Å². The van der Waals surface area contributed by atoms with Gasteiger partial charge in [-0.15, -0.1) is 0 Å². The molecule has 0 aromatic rings. The van der Waals surface area contributed by atoms with Gasteiger partial charge in [-0.1, -0.05) is 26.7 Å². The van der Waals surface area contributed by atoms with Crippen LogP contribution in [0.3, 0.4) is 0 Å². The Balaban J connectivity index is 0. The summed E-state index contributed by atoms with van der Waals surface area (Å²) < 4.78 is 4.54. The SMILES string of the molecule is CC(C)OC(=O)CC(=O)O.CCCC. The zero-order valence-corrected chi connectivity index (χ0v) is 9.37. The molecule has 0 saturated heterocycles. The van der Waals surface area contributed by atoms with E-state index in [0.29, 0.717) is 0 Å². The summed E-state index contributed by atoms with van der Waals surface area (Å²) in [5.41, 5.74) is 0. The quantitative estimate of drug-likeness (QED) is 0.563. The first-order valence-electron chi connectivity index (χ1n) is 4.85. The predicted molar refractivity (Wildman–Crippen MR) is 54.1 cm³/mol. The van der Waals surface area contributed by atoms with Gasteiger partial charge in [0.25, 0.3) is 0 Å². The summed E-state index contributed by atoms with van der Waals surface area (Å²) in [5, 5.41) is 8.10. The highest BCUT2D eigenvalue weighted by Gasteiger charge is 2.09. The van der Waals surface area contributed by atoms with Crippen LogP contribution in [0, 0.1) is 0 Å². The molecule has 0 spiro atoms. The lowest BCUT2D eigenvalue weighted by molar-refractivity contribution is -0.153. The normalized spacial score (nSPS) is 8.93. The minimum absolute atomic E-state index is 0.244. The molecule has 4 nitrogen and oxygen atoms in total. The van der Waals surface area contributed by atoms with Crippen LogP contribution in [0.25, 0.3) is 0 Å². The maximum atomic E-state index is 10.5. The van der Waals surface area contributed by atoms with Crippen LogP contribution in [0.15, 0.2) is 0 Å². The van der Waals surface area contributed by atoms with E-state index in [1.807, 2.05) is 0 Å². The highest BCUT2D eigenvalue weighted by atomic mass is 16.5. The van der Waals surface area contributed by atoms with Crippen LogP contribution >= 0.6 is 0 Å². The highest BCUT2D eigenvalue weighted by Crippen LogP contribution is 1.92. The predicted octanol–water partition coefficient (Wildman–Crippen LogP) is 2.22. The molecule has 0 aliphatic rings. The van der Waals surface area contributed by atoms with Crippen LogP contribution < -0.4 is 0 Å². The minimum atomic E-state index is -1.16. The van der Waals surface area contributed by atoms with E-state index in [2.05, 4.69) is 18.6 Å². The number of carbonyl (C=O) groups excluding carboxylic acids is 1. The van der Waals surface area contributed by atoms with Crippen molar-refractivity contribution in [1.82, 2.24) is 0 Å². The molecule has 0 fully saturated rings. The van der Waals surface area contributed by atoms with Crippen molar-refractivity contribution in [3.05, 3.63) is 0 Å².